The van der Waals surface area contributed by atoms with Crippen molar-refractivity contribution in [3.05, 3.63) is 42.2 Å². The van der Waals surface area contributed by atoms with E-state index in [1.54, 1.807) is 13.0 Å². The van der Waals surface area contributed by atoms with Crippen molar-refractivity contribution in [1.29, 1.82) is 0 Å². The zero-order valence-corrected chi connectivity index (χ0v) is 14.2. The first-order valence-corrected chi connectivity index (χ1v) is 9.07. The van der Waals surface area contributed by atoms with Crippen LogP contribution in [0.5, 0.6) is 0 Å². The first-order valence-electron chi connectivity index (χ1n) is 7.63. The zero-order valence-electron chi connectivity index (χ0n) is 13.4. The van der Waals surface area contributed by atoms with Gasteiger partial charge in [-0.05, 0) is 13.3 Å². The number of anilines is 1. The van der Waals surface area contributed by atoms with Gasteiger partial charge in [0, 0.05) is 31.6 Å². The number of sulfonamides is 1. The highest BCUT2D eigenvalue weighted by Gasteiger charge is 2.30. The van der Waals surface area contributed by atoms with E-state index >= 15 is 0 Å². The van der Waals surface area contributed by atoms with E-state index in [1.807, 2.05) is 0 Å². The van der Waals surface area contributed by atoms with Gasteiger partial charge in [-0.2, -0.15) is 4.31 Å². The van der Waals surface area contributed by atoms with Gasteiger partial charge in [0.05, 0.1) is 11.9 Å². The Labute approximate surface area is 140 Å². The SMILES string of the molecule is C=CCNc1ncnc2c1CCN(S(=O)(=O)c1cnoc1C)CC2. The van der Waals surface area contributed by atoms with Gasteiger partial charge in [-0.25, -0.2) is 18.4 Å². The summed E-state index contributed by atoms with van der Waals surface area (Å²) in [4.78, 5) is 8.69. The average Bonchev–Trinajstić information content (AvgIpc) is 2.88. The third-order valence-corrected chi connectivity index (χ3v) is 5.98. The number of rotatable bonds is 5. The summed E-state index contributed by atoms with van der Waals surface area (Å²) in [6.07, 6.45) is 5.57. The van der Waals surface area contributed by atoms with Crippen molar-refractivity contribution in [3.8, 4) is 0 Å². The Morgan fingerprint density at radius 3 is 2.88 bits per heavy atom. The van der Waals surface area contributed by atoms with E-state index in [-0.39, 0.29) is 4.90 Å². The summed E-state index contributed by atoms with van der Waals surface area (Å²) in [5.74, 6) is 1.03. The van der Waals surface area contributed by atoms with E-state index in [4.69, 9.17) is 4.52 Å². The molecule has 24 heavy (non-hydrogen) atoms. The Bertz CT molecular complexity index is 847. The van der Waals surface area contributed by atoms with Crippen molar-refractivity contribution in [3.63, 3.8) is 0 Å². The van der Waals surface area contributed by atoms with Gasteiger partial charge in [-0.3, -0.25) is 0 Å². The molecule has 128 valence electrons. The van der Waals surface area contributed by atoms with E-state index in [1.165, 1.54) is 16.8 Å². The third-order valence-electron chi connectivity index (χ3n) is 3.98. The first-order chi connectivity index (χ1) is 11.5. The molecule has 1 aliphatic heterocycles. The molecule has 9 heteroatoms. The van der Waals surface area contributed by atoms with E-state index in [0.29, 0.717) is 38.2 Å². The Kier molecular flexibility index (Phi) is 4.63. The first kappa shape index (κ1) is 16.6. The van der Waals surface area contributed by atoms with Crippen molar-refractivity contribution in [2.45, 2.75) is 24.7 Å². The Balaban J connectivity index is 1.86. The topological polar surface area (TPSA) is 101 Å². The lowest BCUT2D eigenvalue weighted by Crippen LogP contribution is -2.33. The van der Waals surface area contributed by atoms with Crippen LogP contribution in [0.15, 0.2) is 34.6 Å². The number of nitrogens with zero attached hydrogens (tertiary/aromatic N) is 4. The van der Waals surface area contributed by atoms with Gasteiger partial charge in [0.2, 0.25) is 10.0 Å². The molecule has 8 nitrogen and oxygen atoms in total. The van der Waals surface area contributed by atoms with Gasteiger partial charge >= 0.3 is 0 Å². The van der Waals surface area contributed by atoms with E-state index in [2.05, 4.69) is 27.0 Å². The average molecular weight is 349 g/mol. The molecule has 0 radical (unpaired) electrons. The highest BCUT2D eigenvalue weighted by molar-refractivity contribution is 7.89. The van der Waals surface area contributed by atoms with E-state index in [0.717, 1.165) is 17.1 Å². The van der Waals surface area contributed by atoms with Crippen LogP contribution in [0.25, 0.3) is 0 Å². The minimum absolute atomic E-state index is 0.115. The summed E-state index contributed by atoms with van der Waals surface area (Å²) in [7, 11) is -3.63. The molecule has 0 fully saturated rings. The van der Waals surface area contributed by atoms with Crippen molar-refractivity contribution >= 4 is 15.8 Å². The van der Waals surface area contributed by atoms with Gasteiger partial charge in [-0.15, -0.1) is 6.58 Å². The monoisotopic (exact) mass is 349 g/mol. The predicted molar refractivity (Wildman–Crippen MR) is 88.1 cm³/mol. The molecule has 0 bridgehead atoms. The number of hydrogen-bond donors (Lipinski definition) is 1. The summed E-state index contributed by atoms with van der Waals surface area (Å²) < 4.78 is 31.9. The Morgan fingerprint density at radius 2 is 2.17 bits per heavy atom. The fourth-order valence-electron chi connectivity index (χ4n) is 2.74. The van der Waals surface area contributed by atoms with Gasteiger partial charge in [0.1, 0.15) is 17.0 Å². The molecule has 0 aliphatic carbocycles. The maximum atomic E-state index is 12.8. The van der Waals surface area contributed by atoms with Gasteiger partial charge in [-0.1, -0.05) is 11.2 Å². The number of hydrogen-bond acceptors (Lipinski definition) is 7. The molecule has 0 unspecified atom stereocenters. The summed E-state index contributed by atoms with van der Waals surface area (Å²) in [5, 5.41) is 6.75. The third kappa shape index (κ3) is 3.04. The van der Waals surface area contributed by atoms with E-state index in [9.17, 15) is 8.42 Å². The lowest BCUT2D eigenvalue weighted by atomic mass is 10.1. The summed E-state index contributed by atoms with van der Waals surface area (Å²) in [6, 6.07) is 0. The van der Waals surface area contributed by atoms with Crippen LogP contribution >= 0.6 is 0 Å². The summed E-state index contributed by atoms with van der Waals surface area (Å²) in [6.45, 7) is 6.58. The minimum atomic E-state index is -3.63. The van der Waals surface area contributed by atoms with Gasteiger partial charge < -0.3 is 9.84 Å². The molecule has 0 saturated heterocycles. The smallest absolute Gasteiger partial charge is 0.248 e. The Morgan fingerprint density at radius 1 is 1.38 bits per heavy atom. The zero-order chi connectivity index (χ0) is 17.2. The molecule has 0 atom stereocenters. The molecule has 3 heterocycles. The number of aromatic nitrogens is 3. The lowest BCUT2D eigenvalue weighted by molar-refractivity contribution is 0.391. The largest absolute Gasteiger partial charge is 0.366 e. The number of fused-ring (bicyclic) bond motifs is 1. The maximum absolute atomic E-state index is 12.8. The van der Waals surface area contributed by atoms with Gasteiger partial charge in [0.25, 0.3) is 0 Å². The summed E-state index contributed by atoms with van der Waals surface area (Å²) in [5.41, 5.74) is 1.83. The van der Waals surface area contributed by atoms with Crippen LogP contribution < -0.4 is 5.32 Å². The van der Waals surface area contributed by atoms with Crippen LogP contribution in [0.2, 0.25) is 0 Å². The van der Waals surface area contributed by atoms with E-state index < -0.39 is 10.0 Å². The van der Waals surface area contributed by atoms with Crippen molar-refractivity contribution < 1.29 is 12.9 Å². The fourth-order valence-corrected chi connectivity index (χ4v) is 4.26. The molecule has 1 N–H and O–H groups in total. The van der Waals surface area contributed by atoms with Crippen LogP contribution in [-0.2, 0) is 22.9 Å². The van der Waals surface area contributed by atoms with Crippen molar-refractivity contribution in [2.75, 3.05) is 25.0 Å². The van der Waals surface area contributed by atoms with Gasteiger partial charge in [0.15, 0.2) is 5.76 Å². The molecule has 0 amide bonds. The quantitative estimate of drug-likeness (QED) is 0.808. The maximum Gasteiger partial charge on any atom is 0.248 e. The Hall–Kier alpha value is -2.26. The van der Waals surface area contributed by atoms with Crippen LogP contribution in [0.1, 0.15) is 17.0 Å². The fraction of sp³-hybridized carbons (Fsp3) is 0.400. The highest BCUT2D eigenvalue weighted by Crippen LogP contribution is 2.25. The molecule has 2 aromatic heterocycles. The van der Waals surface area contributed by atoms with Crippen molar-refractivity contribution in [2.24, 2.45) is 0 Å². The minimum Gasteiger partial charge on any atom is -0.366 e. The predicted octanol–water partition coefficient (Wildman–Crippen LogP) is 1.16. The number of aryl methyl sites for hydroxylation is 1. The second-order valence-electron chi connectivity index (χ2n) is 5.47. The van der Waals surface area contributed by atoms with Crippen LogP contribution in [0.3, 0.4) is 0 Å². The van der Waals surface area contributed by atoms with Crippen molar-refractivity contribution in [1.82, 2.24) is 19.4 Å². The molecular formula is C15H19N5O3S. The standard InChI is InChI=1S/C15H19N5O3S/c1-3-6-16-15-12-4-7-20(8-5-13(12)17-10-18-15)24(21,22)14-9-19-23-11(14)2/h3,9-10H,1,4-8H2,2H3,(H,16,17,18). The molecular weight excluding hydrogens is 330 g/mol. The van der Waals surface area contributed by atoms with Crippen LogP contribution in [-0.4, -0.2) is 47.5 Å². The normalized spacial score (nSPS) is 15.5. The second-order valence-corrected chi connectivity index (χ2v) is 7.37. The number of nitrogens with one attached hydrogen (secondary N) is 1. The second kappa shape index (κ2) is 6.70. The molecule has 0 spiro atoms. The molecule has 2 aromatic rings. The molecule has 0 saturated carbocycles. The lowest BCUT2D eigenvalue weighted by Gasteiger charge is -2.18. The van der Waals surface area contributed by atoms with Crippen LogP contribution in [0, 0.1) is 6.92 Å². The molecule has 1 aliphatic rings. The highest BCUT2D eigenvalue weighted by atomic mass is 32.2. The summed E-state index contributed by atoms with van der Waals surface area (Å²) >= 11 is 0. The molecule has 3 rings (SSSR count). The molecule has 0 aromatic carbocycles. The van der Waals surface area contributed by atoms with Crippen LogP contribution in [0.4, 0.5) is 5.82 Å².